The number of aromatic nitrogens is 6. The maximum absolute atomic E-state index is 12.3. The number of H-pyrrole nitrogens is 1. The van der Waals surface area contributed by atoms with Crippen LogP contribution in [-0.2, 0) is 31.7 Å². The van der Waals surface area contributed by atoms with E-state index in [0.29, 0.717) is 36.5 Å². The van der Waals surface area contributed by atoms with Crippen LogP contribution in [0.2, 0.25) is 0 Å². The van der Waals surface area contributed by atoms with Crippen LogP contribution in [0.25, 0.3) is 11.0 Å². The fourth-order valence-electron chi connectivity index (χ4n) is 3.35. The van der Waals surface area contributed by atoms with Crippen molar-refractivity contribution in [2.24, 2.45) is 14.1 Å². The summed E-state index contributed by atoms with van der Waals surface area (Å²) in [5, 5.41) is 15.1. The number of nitrogens with zero attached hydrogens (tertiary/aromatic N) is 5. The number of aryl methyl sites for hydroxylation is 3. The van der Waals surface area contributed by atoms with Gasteiger partial charge >= 0.3 is 0 Å². The first-order chi connectivity index (χ1) is 13.3. The third-order valence-electron chi connectivity index (χ3n) is 4.96. The normalized spacial score (nSPS) is 11.2. The molecule has 9 nitrogen and oxygen atoms in total. The predicted molar refractivity (Wildman–Crippen MR) is 108 cm³/mol. The standard InChI is InChI=1S/C18H25N7O2S/c1-10-12(11(2)20-16-15(10)17(27-5)23-25(16)4)6-7-14(26)19-9-8-13-21-22-18(28)24(13)3/h6-9H2,1-5H3,(H,19,26)(H,22,28). The van der Waals surface area contributed by atoms with Crippen LogP contribution >= 0.6 is 12.2 Å². The molecule has 3 aromatic rings. The topological polar surface area (TPSA) is 103 Å². The highest BCUT2D eigenvalue weighted by molar-refractivity contribution is 7.71. The number of nitrogens with one attached hydrogen (secondary N) is 2. The number of carbonyl (C=O) groups is 1. The smallest absolute Gasteiger partial charge is 0.242 e. The van der Waals surface area contributed by atoms with Crippen LogP contribution in [0, 0.1) is 18.6 Å². The SMILES string of the molecule is COc1nn(C)c2nc(C)c(CCC(=O)NCCc3n[nH]c(=S)n3C)c(C)c12. The van der Waals surface area contributed by atoms with Crippen LogP contribution in [0.5, 0.6) is 5.88 Å². The average molecular weight is 404 g/mol. The van der Waals surface area contributed by atoms with Crippen molar-refractivity contribution < 1.29 is 9.53 Å². The zero-order valence-electron chi connectivity index (χ0n) is 16.8. The zero-order chi connectivity index (χ0) is 20.4. The molecular formula is C18H25N7O2S. The van der Waals surface area contributed by atoms with Gasteiger partial charge in [0.25, 0.3) is 0 Å². The van der Waals surface area contributed by atoms with Crippen LogP contribution in [0.3, 0.4) is 0 Å². The van der Waals surface area contributed by atoms with E-state index in [2.05, 4.69) is 25.6 Å². The molecule has 0 unspecified atom stereocenters. The van der Waals surface area contributed by atoms with Gasteiger partial charge in [-0.1, -0.05) is 0 Å². The first-order valence-electron chi connectivity index (χ1n) is 9.07. The molecule has 1 amide bonds. The average Bonchev–Trinajstić information content (AvgIpc) is 3.15. The summed E-state index contributed by atoms with van der Waals surface area (Å²) in [5.74, 6) is 1.37. The lowest BCUT2D eigenvalue weighted by molar-refractivity contribution is -0.121. The molecule has 0 bridgehead atoms. The molecule has 28 heavy (non-hydrogen) atoms. The molecule has 0 atom stereocenters. The molecule has 0 aliphatic carbocycles. The van der Waals surface area contributed by atoms with Crippen molar-refractivity contribution in [2.45, 2.75) is 33.1 Å². The summed E-state index contributed by atoms with van der Waals surface area (Å²) in [4.78, 5) is 16.9. The molecule has 0 fully saturated rings. The fraction of sp³-hybridized carbons (Fsp3) is 0.500. The van der Waals surface area contributed by atoms with E-state index in [1.54, 1.807) is 16.4 Å². The van der Waals surface area contributed by atoms with E-state index in [1.165, 1.54) is 0 Å². The van der Waals surface area contributed by atoms with Crippen molar-refractivity contribution >= 4 is 29.2 Å². The minimum atomic E-state index is -0.00571. The second-order valence-electron chi connectivity index (χ2n) is 6.74. The molecular weight excluding hydrogens is 378 g/mol. The van der Waals surface area contributed by atoms with E-state index in [-0.39, 0.29) is 5.91 Å². The van der Waals surface area contributed by atoms with Crippen LogP contribution < -0.4 is 10.1 Å². The molecule has 0 aliphatic rings. The number of aromatic amines is 1. The number of amides is 1. The lowest BCUT2D eigenvalue weighted by Gasteiger charge is -2.11. The van der Waals surface area contributed by atoms with E-state index >= 15 is 0 Å². The molecule has 0 saturated carbocycles. The molecule has 2 N–H and O–H groups in total. The number of fused-ring (bicyclic) bond motifs is 1. The first-order valence-corrected chi connectivity index (χ1v) is 9.48. The van der Waals surface area contributed by atoms with Crippen molar-refractivity contribution in [3.05, 3.63) is 27.4 Å². The summed E-state index contributed by atoms with van der Waals surface area (Å²) >= 11 is 5.09. The Hall–Kier alpha value is -2.75. The van der Waals surface area contributed by atoms with Gasteiger partial charge in [0, 0.05) is 39.2 Å². The Morgan fingerprint density at radius 2 is 2.04 bits per heavy atom. The molecule has 0 spiro atoms. The van der Waals surface area contributed by atoms with Gasteiger partial charge in [-0.05, 0) is 43.6 Å². The summed E-state index contributed by atoms with van der Waals surface area (Å²) in [6, 6.07) is 0. The Labute approximate surface area is 168 Å². The second-order valence-corrected chi connectivity index (χ2v) is 7.12. The maximum atomic E-state index is 12.3. The number of carbonyl (C=O) groups excluding carboxylic acids is 1. The van der Waals surface area contributed by atoms with Crippen molar-refractivity contribution in [3.63, 3.8) is 0 Å². The third kappa shape index (κ3) is 3.77. The van der Waals surface area contributed by atoms with E-state index in [1.807, 2.05) is 27.9 Å². The largest absolute Gasteiger partial charge is 0.479 e. The van der Waals surface area contributed by atoms with Crippen LogP contribution in [-0.4, -0.2) is 49.1 Å². The van der Waals surface area contributed by atoms with Gasteiger partial charge < -0.3 is 14.6 Å². The Kier molecular flexibility index (Phi) is 5.78. The van der Waals surface area contributed by atoms with Crippen molar-refractivity contribution in [3.8, 4) is 5.88 Å². The van der Waals surface area contributed by atoms with Gasteiger partial charge in [0.2, 0.25) is 11.8 Å². The van der Waals surface area contributed by atoms with E-state index in [4.69, 9.17) is 17.0 Å². The molecule has 0 radical (unpaired) electrons. The summed E-state index contributed by atoms with van der Waals surface area (Å²) in [6.07, 6.45) is 1.61. The summed E-state index contributed by atoms with van der Waals surface area (Å²) in [5.41, 5.74) is 3.81. The molecule has 150 valence electrons. The Balaban J connectivity index is 1.65. The van der Waals surface area contributed by atoms with Crippen molar-refractivity contribution in [1.29, 1.82) is 0 Å². The summed E-state index contributed by atoms with van der Waals surface area (Å²) < 4.78 is 9.48. The molecule has 10 heteroatoms. The number of hydrogen-bond acceptors (Lipinski definition) is 6. The van der Waals surface area contributed by atoms with Gasteiger partial charge in [-0.2, -0.15) is 5.10 Å². The van der Waals surface area contributed by atoms with Gasteiger partial charge in [-0.25, -0.2) is 9.67 Å². The van der Waals surface area contributed by atoms with Gasteiger partial charge in [0.15, 0.2) is 10.4 Å². The lowest BCUT2D eigenvalue weighted by Crippen LogP contribution is -2.26. The number of methoxy groups -OCH3 is 1. The summed E-state index contributed by atoms with van der Waals surface area (Å²) in [6.45, 7) is 4.50. The molecule has 0 saturated heterocycles. The number of hydrogen-bond donors (Lipinski definition) is 2. The summed E-state index contributed by atoms with van der Waals surface area (Å²) in [7, 11) is 5.30. The molecule has 3 aromatic heterocycles. The zero-order valence-corrected chi connectivity index (χ0v) is 17.6. The number of ether oxygens (including phenoxy) is 1. The van der Waals surface area contributed by atoms with E-state index in [9.17, 15) is 4.79 Å². The second kappa shape index (κ2) is 8.09. The number of pyridine rings is 1. The van der Waals surface area contributed by atoms with Crippen molar-refractivity contribution in [2.75, 3.05) is 13.7 Å². The van der Waals surface area contributed by atoms with E-state index in [0.717, 1.165) is 33.7 Å². The molecule has 3 rings (SSSR count). The van der Waals surface area contributed by atoms with Gasteiger partial charge in [0.05, 0.1) is 12.5 Å². The molecule has 3 heterocycles. The van der Waals surface area contributed by atoms with Crippen LogP contribution in [0.15, 0.2) is 0 Å². The highest BCUT2D eigenvalue weighted by Crippen LogP contribution is 2.30. The van der Waals surface area contributed by atoms with Gasteiger partial charge in [-0.3, -0.25) is 9.89 Å². The predicted octanol–water partition coefficient (Wildman–Crippen LogP) is 1.68. The Morgan fingerprint density at radius 3 is 2.68 bits per heavy atom. The fourth-order valence-corrected chi connectivity index (χ4v) is 3.50. The Bertz CT molecular complexity index is 1080. The molecule has 0 aliphatic heterocycles. The van der Waals surface area contributed by atoms with Crippen molar-refractivity contribution in [1.82, 2.24) is 34.8 Å². The Morgan fingerprint density at radius 1 is 1.29 bits per heavy atom. The first kappa shape index (κ1) is 20.0. The van der Waals surface area contributed by atoms with Crippen LogP contribution in [0.1, 0.15) is 29.1 Å². The number of rotatable bonds is 7. The molecule has 0 aromatic carbocycles. The highest BCUT2D eigenvalue weighted by atomic mass is 32.1. The van der Waals surface area contributed by atoms with Gasteiger partial charge in [0.1, 0.15) is 5.82 Å². The lowest BCUT2D eigenvalue weighted by atomic mass is 10.00. The van der Waals surface area contributed by atoms with E-state index < -0.39 is 0 Å². The van der Waals surface area contributed by atoms with Gasteiger partial charge in [-0.15, -0.1) is 5.10 Å². The third-order valence-corrected chi connectivity index (χ3v) is 5.33. The quantitative estimate of drug-likeness (QED) is 0.582. The highest BCUT2D eigenvalue weighted by Gasteiger charge is 2.18. The minimum absolute atomic E-state index is 0.00571. The minimum Gasteiger partial charge on any atom is -0.479 e. The monoisotopic (exact) mass is 403 g/mol. The maximum Gasteiger partial charge on any atom is 0.242 e. The van der Waals surface area contributed by atoms with Crippen LogP contribution in [0.4, 0.5) is 0 Å².